The van der Waals surface area contributed by atoms with Crippen LogP contribution in [-0.4, -0.2) is 51.9 Å². The highest BCUT2D eigenvalue weighted by molar-refractivity contribution is 8.00. The number of nitrogens with zero attached hydrogens (tertiary/aromatic N) is 2. The van der Waals surface area contributed by atoms with E-state index in [0.29, 0.717) is 0 Å². The summed E-state index contributed by atoms with van der Waals surface area (Å²) in [6.07, 6.45) is 1.80. The quantitative estimate of drug-likeness (QED) is 0.747. The van der Waals surface area contributed by atoms with E-state index >= 15 is 0 Å². The molecule has 2 fully saturated rings. The Morgan fingerprint density at radius 2 is 1.67 bits per heavy atom. The SMILES string of the molecule is CC(C)C(=O)N1CCSC12CCN(C(=O)C(C)(C)C)CC2. The second-order valence-corrected chi connectivity index (χ2v) is 8.94. The number of rotatable bonds is 1. The first-order valence-electron chi connectivity index (χ1n) is 7.92. The molecule has 0 aromatic rings. The first kappa shape index (κ1) is 16.7. The lowest BCUT2D eigenvalue weighted by atomic mass is 9.92. The molecule has 0 unspecified atom stereocenters. The molecule has 2 aliphatic heterocycles. The van der Waals surface area contributed by atoms with Gasteiger partial charge in [0.05, 0.1) is 4.87 Å². The molecular formula is C16H28N2O2S. The molecule has 2 amide bonds. The fraction of sp³-hybridized carbons (Fsp3) is 0.875. The minimum absolute atomic E-state index is 0.0508. The molecule has 0 radical (unpaired) electrons. The Morgan fingerprint density at radius 3 is 2.14 bits per heavy atom. The van der Waals surface area contributed by atoms with Crippen molar-refractivity contribution in [2.24, 2.45) is 11.3 Å². The third kappa shape index (κ3) is 3.22. The van der Waals surface area contributed by atoms with Crippen LogP contribution in [0.3, 0.4) is 0 Å². The van der Waals surface area contributed by atoms with Gasteiger partial charge in [0.2, 0.25) is 11.8 Å². The summed E-state index contributed by atoms with van der Waals surface area (Å²) in [6, 6.07) is 0. The van der Waals surface area contributed by atoms with Crippen LogP contribution in [0.15, 0.2) is 0 Å². The maximum absolute atomic E-state index is 12.4. The summed E-state index contributed by atoms with van der Waals surface area (Å²) in [6.45, 7) is 12.2. The molecule has 0 aliphatic carbocycles. The van der Waals surface area contributed by atoms with Gasteiger partial charge in [0.15, 0.2) is 0 Å². The van der Waals surface area contributed by atoms with Gasteiger partial charge in [0.25, 0.3) is 0 Å². The van der Waals surface area contributed by atoms with Crippen molar-refractivity contribution in [3.8, 4) is 0 Å². The Kier molecular flexibility index (Phi) is 4.62. The van der Waals surface area contributed by atoms with Gasteiger partial charge in [-0.15, -0.1) is 11.8 Å². The van der Waals surface area contributed by atoms with Crippen molar-refractivity contribution in [1.82, 2.24) is 9.80 Å². The lowest BCUT2D eigenvalue weighted by Gasteiger charge is -2.45. The van der Waals surface area contributed by atoms with Crippen molar-refractivity contribution in [3.05, 3.63) is 0 Å². The minimum atomic E-state index is -0.319. The Bertz CT molecular complexity index is 420. The van der Waals surface area contributed by atoms with Crippen LogP contribution in [-0.2, 0) is 9.59 Å². The van der Waals surface area contributed by atoms with Gasteiger partial charge in [-0.1, -0.05) is 34.6 Å². The Balaban J connectivity index is 2.05. The van der Waals surface area contributed by atoms with Crippen molar-refractivity contribution in [1.29, 1.82) is 0 Å². The number of carbonyl (C=O) groups excluding carboxylic acids is 2. The normalized spacial score (nSPS) is 22.2. The van der Waals surface area contributed by atoms with E-state index in [0.717, 1.165) is 38.2 Å². The molecule has 120 valence electrons. The molecule has 0 saturated carbocycles. The van der Waals surface area contributed by atoms with Crippen LogP contribution in [0.25, 0.3) is 0 Å². The third-order valence-corrected chi connectivity index (χ3v) is 5.96. The van der Waals surface area contributed by atoms with Crippen LogP contribution in [0.1, 0.15) is 47.5 Å². The molecule has 2 heterocycles. The van der Waals surface area contributed by atoms with Gasteiger partial charge in [-0.3, -0.25) is 9.59 Å². The summed E-state index contributed by atoms with van der Waals surface area (Å²) >= 11 is 1.91. The van der Waals surface area contributed by atoms with Crippen LogP contribution < -0.4 is 0 Å². The van der Waals surface area contributed by atoms with E-state index in [2.05, 4.69) is 4.90 Å². The van der Waals surface area contributed by atoms with Crippen LogP contribution in [0.4, 0.5) is 0 Å². The van der Waals surface area contributed by atoms with Crippen molar-refractivity contribution in [2.75, 3.05) is 25.4 Å². The number of likely N-dealkylation sites (tertiary alicyclic amines) is 1. The second kappa shape index (κ2) is 5.82. The Morgan fingerprint density at radius 1 is 1.10 bits per heavy atom. The summed E-state index contributed by atoms with van der Waals surface area (Å²) in [7, 11) is 0. The summed E-state index contributed by atoms with van der Waals surface area (Å²) in [5, 5.41) is 0. The molecule has 5 heteroatoms. The standard InChI is InChI=1S/C16H28N2O2S/c1-12(2)13(19)18-10-11-21-16(18)6-8-17(9-7-16)14(20)15(3,4)5/h12H,6-11H2,1-5H3. The molecule has 1 spiro atoms. The molecule has 0 N–H and O–H groups in total. The summed E-state index contributed by atoms with van der Waals surface area (Å²) in [5.74, 6) is 1.55. The predicted octanol–water partition coefficient (Wildman–Crippen LogP) is 2.58. The van der Waals surface area contributed by atoms with Gasteiger partial charge in [-0.05, 0) is 12.8 Å². The van der Waals surface area contributed by atoms with E-state index in [1.54, 1.807) is 0 Å². The van der Waals surface area contributed by atoms with Gasteiger partial charge in [0, 0.05) is 36.7 Å². The van der Waals surface area contributed by atoms with Gasteiger partial charge in [-0.2, -0.15) is 0 Å². The van der Waals surface area contributed by atoms with Gasteiger partial charge in [-0.25, -0.2) is 0 Å². The first-order chi connectivity index (χ1) is 9.67. The van der Waals surface area contributed by atoms with Gasteiger partial charge >= 0.3 is 0 Å². The number of carbonyl (C=O) groups is 2. The molecule has 0 aromatic carbocycles. The third-order valence-electron chi connectivity index (χ3n) is 4.41. The topological polar surface area (TPSA) is 40.6 Å². The first-order valence-corrected chi connectivity index (χ1v) is 8.91. The molecule has 2 aliphatic rings. The summed E-state index contributed by atoms with van der Waals surface area (Å²) < 4.78 is 0. The fourth-order valence-electron chi connectivity index (χ4n) is 3.18. The Hall–Kier alpha value is -0.710. The lowest BCUT2D eigenvalue weighted by molar-refractivity contribution is -0.143. The molecule has 0 atom stereocenters. The van der Waals surface area contributed by atoms with Crippen molar-refractivity contribution in [2.45, 2.75) is 52.3 Å². The zero-order chi connectivity index (χ0) is 15.8. The van der Waals surface area contributed by atoms with Crippen molar-refractivity contribution >= 4 is 23.6 Å². The van der Waals surface area contributed by atoms with Gasteiger partial charge in [0.1, 0.15) is 0 Å². The molecule has 4 nitrogen and oxygen atoms in total. The van der Waals surface area contributed by atoms with E-state index in [1.807, 2.05) is 51.3 Å². The van der Waals surface area contributed by atoms with Crippen LogP contribution >= 0.6 is 11.8 Å². The largest absolute Gasteiger partial charge is 0.342 e. The zero-order valence-electron chi connectivity index (χ0n) is 13.9. The fourth-order valence-corrected chi connectivity index (χ4v) is 4.64. The van der Waals surface area contributed by atoms with Crippen LogP contribution in [0.2, 0.25) is 0 Å². The van der Waals surface area contributed by atoms with E-state index in [1.165, 1.54) is 0 Å². The smallest absolute Gasteiger partial charge is 0.227 e. The molecule has 2 saturated heterocycles. The number of thioether (sulfide) groups is 1. The van der Waals surface area contributed by atoms with E-state index < -0.39 is 0 Å². The van der Waals surface area contributed by atoms with Crippen molar-refractivity contribution in [3.63, 3.8) is 0 Å². The highest BCUT2D eigenvalue weighted by atomic mass is 32.2. The van der Waals surface area contributed by atoms with E-state index in [-0.39, 0.29) is 28.0 Å². The van der Waals surface area contributed by atoms with Crippen LogP contribution in [0, 0.1) is 11.3 Å². The number of amides is 2. The molecule has 2 rings (SSSR count). The van der Waals surface area contributed by atoms with E-state index in [9.17, 15) is 9.59 Å². The average molecular weight is 312 g/mol. The molecule has 21 heavy (non-hydrogen) atoms. The monoisotopic (exact) mass is 312 g/mol. The maximum atomic E-state index is 12.4. The maximum Gasteiger partial charge on any atom is 0.227 e. The Labute approximate surface area is 132 Å². The molecule has 0 bridgehead atoms. The number of hydrogen-bond donors (Lipinski definition) is 0. The summed E-state index contributed by atoms with van der Waals surface area (Å²) in [5.41, 5.74) is -0.319. The summed E-state index contributed by atoms with van der Waals surface area (Å²) in [4.78, 5) is 28.8. The second-order valence-electron chi connectivity index (χ2n) is 7.48. The van der Waals surface area contributed by atoms with E-state index in [4.69, 9.17) is 0 Å². The van der Waals surface area contributed by atoms with Gasteiger partial charge < -0.3 is 9.80 Å². The van der Waals surface area contributed by atoms with Crippen molar-refractivity contribution < 1.29 is 9.59 Å². The minimum Gasteiger partial charge on any atom is -0.342 e. The molecule has 0 aromatic heterocycles. The highest BCUT2D eigenvalue weighted by Gasteiger charge is 2.47. The number of hydrogen-bond acceptors (Lipinski definition) is 3. The molecular weight excluding hydrogens is 284 g/mol. The average Bonchev–Trinajstić information content (AvgIpc) is 2.80. The zero-order valence-corrected chi connectivity index (χ0v) is 14.8. The highest BCUT2D eigenvalue weighted by Crippen LogP contribution is 2.44. The lowest BCUT2D eigenvalue weighted by Crippen LogP contribution is -2.55. The predicted molar refractivity (Wildman–Crippen MR) is 87.0 cm³/mol. The van der Waals surface area contributed by atoms with Crippen LogP contribution in [0.5, 0.6) is 0 Å². The number of piperidine rings is 1.